The zero-order valence-electron chi connectivity index (χ0n) is 8.06. The number of sulfonamides is 1. The highest BCUT2D eigenvalue weighted by atomic mass is 79.9. The lowest BCUT2D eigenvalue weighted by Crippen LogP contribution is -2.25. The molecule has 1 aliphatic rings. The second kappa shape index (κ2) is 4.19. The number of rotatable bonds is 2. The molecule has 6 heteroatoms. The fourth-order valence-electron chi connectivity index (χ4n) is 1.55. The smallest absolute Gasteiger partial charge is 0.214 e. The summed E-state index contributed by atoms with van der Waals surface area (Å²) >= 11 is 3.29. The van der Waals surface area contributed by atoms with Crippen molar-refractivity contribution in [1.82, 2.24) is 9.29 Å². The van der Waals surface area contributed by atoms with Gasteiger partial charge >= 0.3 is 0 Å². The van der Waals surface area contributed by atoms with Gasteiger partial charge in [0.2, 0.25) is 10.0 Å². The van der Waals surface area contributed by atoms with Crippen molar-refractivity contribution in [3.63, 3.8) is 0 Å². The molecule has 1 aromatic heterocycles. The first-order valence-electron chi connectivity index (χ1n) is 4.66. The Labute approximate surface area is 97.5 Å². The first kappa shape index (κ1) is 11.0. The first-order chi connectivity index (χ1) is 7.08. The first-order valence-corrected chi connectivity index (χ1v) is 7.06. The van der Waals surface area contributed by atoms with Crippen LogP contribution in [0.2, 0.25) is 0 Å². The molecule has 1 saturated heterocycles. The minimum absolute atomic E-state index is 0.267. The molecule has 0 bridgehead atoms. The lowest BCUT2D eigenvalue weighted by atomic mass is 10.3. The van der Waals surface area contributed by atoms with Crippen molar-refractivity contribution >= 4 is 26.0 Å². The molecule has 0 atom stereocenters. The number of aromatic nitrogens is 1. The SMILES string of the molecule is O=S1(=O)CCCN1Cc1ccc(Br)cn1. The third kappa shape index (κ3) is 2.56. The minimum Gasteiger partial charge on any atom is -0.259 e. The Morgan fingerprint density at radius 1 is 1.47 bits per heavy atom. The second-order valence-corrected chi connectivity index (χ2v) is 6.48. The summed E-state index contributed by atoms with van der Waals surface area (Å²) in [6, 6.07) is 3.70. The normalized spacial score (nSPS) is 20.6. The van der Waals surface area contributed by atoms with Crippen LogP contribution in [0.3, 0.4) is 0 Å². The van der Waals surface area contributed by atoms with Crippen molar-refractivity contribution in [3.05, 3.63) is 28.5 Å². The molecule has 15 heavy (non-hydrogen) atoms. The molecule has 0 saturated carbocycles. The van der Waals surface area contributed by atoms with Crippen LogP contribution in [0.5, 0.6) is 0 Å². The summed E-state index contributed by atoms with van der Waals surface area (Å²) in [6.07, 6.45) is 2.40. The molecule has 0 radical (unpaired) electrons. The molecular weight excluding hydrogens is 280 g/mol. The van der Waals surface area contributed by atoms with Crippen molar-refractivity contribution in [2.45, 2.75) is 13.0 Å². The number of pyridine rings is 1. The van der Waals surface area contributed by atoms with Crippen LogP contribution < -0.4 is 0 Å². The summed E-state index contributed by atoms with van der Waals surface area (Å²) in [5.41, 5.74) is 0.781. The van der Waals surface area contributed by atoms with Gasteiger partial charge in [-0.15, -0.1) is 0 Å². The summed E-state index contributed by atoms with van der Waals surface area (Å²) < 4.78 is 25.4. The number of halogens is 1. The van der Waals surface area contributed by atoms with Crippen molar-refractivity contribution in [2.75, 3.05) is 12.3 Å². The average molecular weight is 291 g/mol. The molecule has 4 nitrogen and oxygen atoms in total. The zero-order valence-corrected chi connectivity index (χ0v) is 10.5. The van der Waals surface area contributed by atoms with Gasteiger partial charge in [0.15, 0.2) is 0 Å². The predicted octanol–water partition coefficient (Wildman–Crippen LogP) is 1.38. The molecule has 0 aromatic carbocycles. The van der Waals surface area contributed by atoms with Crippen LogP contribution in [-0.2, 0) is 16.6 Å². The monoisotopic (exact) mass is 290 g/mol. The number of hydrogen-bond acceptors (Lipinski definition) is 3. The largest absolute Gasteiger partial charge is 0.259 e. The van der Waals surface area contributed by atoms with E-state index in [4.69, 9.17) is 0 Å². The molecule has 0 aliphatic carbocycles. The maximum absolute atomic E-state index is 11.5. The van der Waals surface area contributed by atoms with Crippen molar-refractivity contribution in [2.24, 2.45) is 0 Å². The number of hydrogen-bond donors (Lipinski definition) is 0. The van der Waals surface area contributed by atoms with Crippen LogP contribution in [-0.4, -0.2) is 30.0 Å². The fraction of sp³-hybridized carbons (Fsp3) is 0.444. The molecule has 1 aliphatic heterocycles. The van der Waals surface area contributed by atoms with Crippen LogP contribution in [0.4, 0.5) is 0 Å². The van der Waals surface area contributed by atoms with E-state index in [1.54, 1.807) is 6.20 Å². The standard InChI is InChI=1S/C9H11BrN2O2S/c10-8-2-3-9(11-6-8)7-12-4-1-5-15(12,13)14/h2-3,6H,1,4-5,7H2. The van der Waals surface area contributed by atoms with Gasteiger partial charge in [-0.3, -0.25) is 4.98 Å². The minimum atomic E-state index is -3.01. The maximum Gasteiger partial charge on any atom is 0.214 e. The molecular formula is C9H11BrN2O2S. The molecule has 1 aromatic rings. The number of nitrogens with zero attached hydrogens (tertiary/aromatic N) is 2. The van der Waals surface area contributed by atoms with Gasteiger partial charge in [-0.05, 0) is 34.5 Å². The Morgan fingerprint density at radius 2 is 2.27 bits per heavy atom. The van der Waals surface area contributed by atoms with Gasteiger partial charge in [-0.1, -0.05) is 0 Å². The molecule has 2 rings (SSSR count). The summed E-state index contributed by atoms with van der Waals surface area (Å²) in [4.78, 5) is 4.15. The van der Waals surface area contributed by atoms with Gasteiger partial charge in [0.05, 0.1) is 18.0 Å². The van der Waals surface area contributed by atoms with E-state index >= 15 is 0 Å². The van der Waals surface area contributed by atoms with Crippen LogP contribution in [0, 0.1) is 0 Å². The van der Waals surface area contributed by atoms with Gasteiger partial charge in [-0.25, -0.2) is 8.42 Å². The highest BCUT2D eigenvalue weighted by Gasteiger charge is 2.28. The van der Waals surface area contributed by atoms with Gasteiger partial charge in [-0.2, -0.15) is 4.31 Å². The molecule has 1 fully saturated rings. The summed E-state index contributed by atoms with van der Waals surface area (Å²) in [5.74, 6) is 0.267. The van der Waals surface area contributed by atoms with Crippen molar-refractivity contribution in [3.8, 4) is 0 Å². The van der Waals surface area contributed by atoms with E-state index in [-0.39, 0.29) is 5.75 Å². The fourth-order valence-corrected chi connectivity index (χ4v) is 3.27. The van der Waals surface area contributed by atoms with Crippen LogP contribution in [0.1, 0.15) is 12.1 Å². The molecule has 0 amide bonds. The van der Waals surface area contributed by atoms with E-state index < -0.39 is 10.0 Å². The third-order valence-corrected chi connectivity index (χ3v) is 4.70. The highest BCUT2D eigenvalue weighted by molar-refractivity contribution is 9.10. The van der Waals surface area contributed by atoms with Gasteiger partial charge in [0.1, 0.15) is 0 Å². The highest BCUT2D eigenvalue weighted by Crippen LogP contribution is 2.17. The van der Waals surface area contributed by atoms with Gasteiger partial charge < -0.3 is 0 Å². The predicted molar refractivity (Wildman–Crippen MR) is 60.8 cm³/mol. The molecule has 0 N–H and O–H groups in total. The Bertz CT molecular complexity index is 444. The van der Waals surface area contributed by atoms with E-state index in [0.29, 0.717) is 13.1 Å². The second-order valence-electron chi connectivity index (χ2n) is 3.47. The molecule has 82 valence electrons. The van der Waals surface area contributed by atoms with Crippen molar-refractivity contribution in [1.29, 1.82) is 0 Å². The Balaban J connectivity index is 2.12. The van der Waals surface area contributed by atoms with Crippen LogP contribution in [0.15, 0.2) is 22.8 Å². The molecule has 0 spiro atoms. The summed E-state index contributed by atoms with van der Waals surface area (Å²) in [5, 5.41) is 0. The average Bonchev–Trinajstić information content (AvgIpc) is 2.50. The third-order valence-electron chi connectivity index (χ3n) is 2.33. The Hall–Kier alpha value is -0.460. The Kier molecular flexibility index (Phi) is 3.08. The van der Waals surface area contributed by atoms with Crippen molar-refractivity contribution < 1.29 is 8.42 Å². The van der Waals surface area contributed by atoms with E-state index in [0.717, 1.165) is 16.6 Å². The topological polar surface area (TPSA) is 50.3 Å². The molecule has 2 heterocycles. The lowest BCUT2D eigenvalue weighted by Gasteiger charge is -2.13. The Morgan fingerprint density at radius 3 is 2.80 bits per heavy atom. The van der Waals surface area contributed by atoms with Gasteiger partial charge in [0.25, 0.3) is 0 Å². The quantitative estimate of drug-likeness (QED) is 0.827. The molecule has 0 unspecified atom stereocenters. The van der Waals surface area contributed by atoms with E-state index in [1.165, 1.54) is 4.31 Å². The van der Waals surface area contributed by atoms with E-state index in [2.05, 4.69) is 20.9 Å². The van der Waals surface area contributed by atoms with E-state index in [1.807, 2.05) is 12.1 Å². The van der Waals surface area contributed by atoms with Crippen LogP contribution >= 0.6 is 15.9 Å². The van der Waals surface area contributed by atoms with E-state index in [9.17, 15) is 8.42 Å². The summed E-state index contributed by atoms with van der Waals surface area (Å²) in [6.45, 7) is 0.996. The van der Waals surface area contributed by atoms with Gasteiger partial charge in [0, 0.05) is 17.2 Å². The van der Waals surface area contributed by atoms with Crippen LogP contribution in [0.25, 0.3) is 0 Å². The maximum atomic E-state index is 11.5. The summed E-state index contributed by atoms with van der Waals surface area (Å²) in [7, 11) is -3.01. The zero-order chi connectivity index (χ0) is 10.9. The lowest BCUT2D eigenvalue weighted by molar-refractivity contribution is 0.435.